The van der Waals surface area contributed by atoms with E-state index in [4.69, 9.17) is 0 Å². The fourth-order valence-electron chi connectivity index (χ4n) is 3.53. The van der Waals surface area contributed by atoms with Gasteiger partial charge in [-0.1, -0.05) is 67.7 Å². The van der Waals surface area contributed by atoms with Gasteiger partial charge in [0.15, 0.2) is 17.2 Å². The van der Waals surface area contributed by atoms with Crippen LogP contribution in [0, 0.1) is 0 Å². The van der Waals surface area contributed by atoms with Gasteiger partial charge in [0, 0.05) is 38.2 Å². The second-order valence-electron chi connectivity index (χ2n) is 9.37. The predicted molar refractivity (Wildman–Crippen MR) is 163 cm³/mol. The van der Waals surface area contributed by atoms with Crippen molar-refractivity contribution in [2.75, 3.05) is 33.2 Å². The van der Waals surface area contributed by atoms with Gasteiger partial charge in [-0.2, -0.15) is 0 Å². The van der Waals surface area contributed by atoms with E-state index in [-0.39, 0.29) is 11.5 Å². The van der Waals surface area contributed by atoms with Crippen molar-refractivity contribution >= 4 is 11.8 Å². The first-order valence-electron chi connectivity index (χ1n) is 14.1. The van der Waals surface area contributed by atoms with Gasteiger partial charge < -0.3 is 30.9 Å². The monoisotopic (exact) mass is 553 g/mol. The molecule has 0 unspecified atom stereocenters. The number of allylic oxidation sites excluding steroid dienone is 10. The summed E-state index contributed by atoms with van der Waals surface area (Å²) in [4.78, 5) is 26.1. The van der Waals surface area contributed by atoms with Crippen molar-refractivity contribution in [2.24, 2.45) is 0 Å². The summed E-state index contributed by atoms with van der Waals surface area (Å²) in [6, 6.07) is 2.18. The molecule has 0 saturated carbocycles. The topological polar surface area (TPSA) is 122 Å². The molecule has 220 valence electrons. The zero-order valence-corrected chi connectivity index (χ0v) is 24.0. The van der Waals surface area contributed by atoms with Crippen LogP contribution in [0.25, 0.3) is 0 Å². The van der Waals surface area contributed by atoms with Gasteiger partial charge in [-0.05, 0) is 64.1 Å². The zero-order chi connectivity index (χ0) is 29.4. The second-order valence-corrected chi connectivity index (χ2v) is 9.37. The minimum atomic E-state index is -0.660. The molecule has 1 rings (SSSR count). The Balaban J connectivity index is 2.03. The number of benzene rings is 1. The molecule has 0 radical (unpaired) electrons. The van der Waals surface area contributed by atoms with E-state index in [2.05, 4.69) is 78.3 Å². The van der Waals surface area contributed by atoms with Gasteiger partial charge in [0.1, 0.15) is 0 Å². The fourth-order valence-corrected chi connectivity index (χ4v) is 3.53. The number of likely N-dealkylation sites (N-methyl/N-ethyl adjacent to an activating group) is 1. The molecule has 0 bridgehead atoms. The number of nitrogens with zero attached hydrogens (tertiary/aromatic N) is 1. The van der Waals surface area contributed by atoms with E-state index in [9.17, 15) is 24.9 Å². The molecule has 8 heteroatoms. The molecule has 1 aromatic rings. The maximum atomic E-state index is 12.1. The molecule has 0 aliphatic heterocycles. The number of hydrogen-bond acceptors (Lipinski definition) is 6. The summed E-state index contributed by atoms with van der Waals surface area (Å²) >= 11 is 0. The molecule has 1 aromatic carbocycles. The molecular formula is C32H47N3O5. The molecule has 40 heavy (non-hydrogen) atoms. The largest absolute Gasteiger partial charge is 0.504 e. The normalized spacial score (nSPS) is 12.2. The van der Waals surface area contributed by atoms with Crippen molar-refractivity contribution in [2.45, 2.75) is 58.3 Å². The van der Waals surface area contributed by atoms with Crippen LogP contribution >= 0.6 is 0 Å². The van der Waals surface area contributed by atoms with Crippen molar-refractivity contribution in [1.29, 1.82) is 0 Å². The van der Waals surface area contributed by atoms with Crippen LogP contribution in [0.2, 0.25) is 0 Å². The van der Waals surface area contributed by atoms with Crippen molar-refractivity contribution in [3.63, 3.8) is 0 Å². The first-order chi connectivity index (χ1) is 19.3. The molecule has 0 aromatic heterocycles. The van der Waals surface area contributed by atoms with E-state index in [1.54, 1.807) is 0 Å². The van der Waals surface area contributed by atoms with Crippen molar-refractivity contribution in [3.05, 3.63) is 78.5 Å². The SMILES string of the molecule is CC/C=C\C/C=C\C/C=C\C/C=C\C/C=C\CCCC(=O)NCCN(C)CCNC(=O)c1cc(O)c(O)c(O)c1. The molecule has 0 spiro atoms. The number of aromatic hydroxyl groups is 3. The number of nitrogens with one attached hydrogen (secondary N) is 2. The minimum absolute atomic E-state index is 0.0287. The average molecular weight is 554 g/mol. The summed E-state index contributed by atoms with van der Waals surface area (Å²) in [7, 11) is 1.89. The van der Waals surface area contributed by atoms with E-state index in [1.165, 1.54) is 0 Å². The maximum absolute atomic E-state index is 12.1. The Morgan fingerprint density at radius 3 is 1.75 bits per heavy atom. The number of phenols is 3. The Morgan fingerprint density at radius 2 is 1.23 bits per heavy atom. The van der Waals surface area contributed by atoms with Crippen LogP contribution in [0.5, 0.6) is 17.2 Å². The molecule has 0 aliphatic carbocycles. The third kappa shape index (κ3) is 16.9. The van der Waals surface area contributed by atoms with Gasteiger partial charge in [0.25, 0.3) is 5.91 Å². The number of unbranched alkanes of at least 4 members (excludes halogenated alkanes) is 1. The number of hydrogen-bond donors (Lipinski definition) is 5. The Labute approximate surface area is 239 Å². The summed E-state index contributed by atoms with van der Waals surface area (Å²) in [5, 5.41) is 34.0. The lowest BCUT2D eigenvalue weighted by Gasteiger charge is -2.17. The third-order valence-corrected chi connectivity index (χ3v) is 5.86. The van der Waals surface area contributed by atoms with E-state index < -0.39 is 23.2 Å². The number of carbonyl (C=O) groups is 2. The highest BCUT2D eigenvalue weighted by atomic mass is 16.3. The van der Waals surface area contributed by atoms with Crippen LogP contribution in [-0.2, 0) is 4.79 Å². The maximum Gasteiger partial charge on any atom is 0.251 e. The zero-order valence-electron chi connectivity index (χ0n) is 24.0. The highest BCUT2D eigenvalue weighted by Gasteiger charge is 2.13. The molecule has 2 amide bonds. The minimum Gasteiger partial charge on any atom is -0.504 e. The summed E-state index contributed by atoms with van der Waals surface area (Å²) in [5.74, 6) is -2.22. The molecule has 5 N–H and O–H groups in total. The van der Waals surface area contributed by atoms with Gasteiger partial charge in [-0.3, -0.25) is 9.59 Å². The van der Waals surface area contributed by atoms with Gasteiger partial charge in [0.2, 0.25) is 5.91 Å². The summed E-state index contributed by atoms with van der Waals surface area (Å²) in [5.41, 5.74) is 0.0484. The van der Waals surface area contributed by atoms with Crippen LogP contribution in [-0.4, -0.2) is 65.3 Å². The van der Waals surface area contributed by atoms with Crippen molar-refractivity contribution < 1.29 is 24.9 Å². The van der Waals surface area contributed by atoms with Crippen LogP contribution in [0.3, 0.4) is 0 Å². The van der Waals surface area contributed by atoms with Gasteiger partial charge in [0.05, 0.1) is 0 Å². The van der Waals surface area contributed by atoms with Crippen LogP contribution < -0.4 is 10.6 Å². The standard InChI is InChI=1S/C32H47N3O5/c1-3-4-5-6-7-8-9-10-11-12-13-14-15-16-17-18-19-20-30(38)33-21-23-35(2)24-22-34-32(40)27-25-28(36)31(39)29(37)26-27/h4-5,7-8,10-11,13-14,16-17,25-26,36-37,39H,3,6,9,12,15,18-24H2,1-2H3,(H,33,38)(H,34,40)/b5-4-,8-7-,11-10-,14-13-,17-16-. The van der Waals surface area contributed by atoms with Gasteiger partial charge in [-0.25, -0.2) is 0 Å². The van der Waals surface area contributed by atoms with Gasteiger partial charge >= 0.3 is 0 Å². The molecule has 0 aliphatic rings. The highest BCUT2D eigenvalue weighted by Crippen LogP contribution is 2.35. The Kier molecular flexibility index (Phi) is 18.9. The molecule has 0 fully saturated rings. The van der Waals surface area contributed by atoms with Crippen LogP contribution in [0.4, 0.5) is 0 Å². The Morgan fingerprint density at radius 1 is 0.750 bits per heavy atom. The van der Waals surface area contributed by atoms with Crippen LogP contribution in [0.15, 0.2) is 72.9 Å². The first-order valence-corrected chi connectivity index (χ1v) is 14.1. The van der Waals surface area contributed by atoms with E-state index in [1.807, 2.05) is 11.9 Å². The smallest absolute Gasteiger partial charge is 0.251 e. The number of rotatable bonds is 20. The lowest BCUT2D eigenvalue weighted by Crippen LogP contribution is -2.37. The van der Waals surface area contributed by atoms with E-state index in [0.29, 0.717) is 32.6 Å². The molecule has 0 heterocycles. The highest BCUT2D eigenvalue weighted by molar-refractivity contribution is 5.95. The summed E-state index contributed by atoms with van der Waals surface area (Å²) < 4.78 is 0. The lowest BCUT2D eigenvalue weighted by atomic mass is 10.1. The summed E-state index contributed by atoms with van der Waals surface area (Å²) in [6.45, 7) is 4.20. The number of carbonyl (C=O) groups excluding carboxylic acids is 2. The lowest BCUT2D eigenvalue weighted by molar-refractivity contribution is -0.121. The molecular weight excluding hydrogens is 506 g/mol. The fraction of sp³-hybridized carbons (Fsp3) is 0.438. The van der Waals surface area contributed by atoms with Crippen LogP contribution in [0.1, 0.15) is 68.6 Å². The quantitative estimate of drug-likeness (QED) is 0.0825. The molecule has 0 saturated heterocycles. The van der Waals surface area contributed by atoms with Crippen molar-refractivity contribution in [1.82, 2.24) is 15.5 Å². The number of phenolic OH excluding ortho intramolecular Hbond substituents is 3. The van der Waals surface area contributed by atoms with Crippen molar-refractivity contribution in [3.8, 4) is 17.2 Å². The average Bonchev–Trinajstić information content (AvgIpc) is 2.93. The second kappa shape index (κ2) is 22.1. The first kappa shape index (κ1) is 34.2. The third-order valence-electron chi connectivity index (χ3n) is 5.86. The van der Waals surface area contributed by atoms with E-state index >= 15 is 0 Å². The molecule has 0 atom stereocenters. The van der Waals surface area contributed by atoms with E-state index in [0.717, 1.165) is 57.1 Å². The van der Waals surface area contributed by atoms with Gasteiger partial charge in [-0.15, -0.1) is 0 Å². The Bertz CT molecular complexity index is 1000. The molecule has 8 nitrogen and oxygen atoms in total. The Hall–Kier alpha value is -3.78. The predicted octanol–water partition coefficient (Wildman–Crippen LogP) is 5.50. The number of amides is 2. The summed E-state index contributed by atoms with van der Waals surface area (Å²) in [6.07, 6.45) is 28.8.